The van der Waals surface area contributed by atoms with E-state index in [9.17, 15) is 4.79 Å². The number of anilines is 1. The predicted octanol–water partition coefficient (Wildman–Crippen LogP) is 4.35. The number of fused-ring (bicyclic) bond motifs is 1. The molecule has 0 atom stereocenters. The van der Waals surface area contributed by atoms with Gasteiger partial charge in [0.1, 0.15) is 0 Å². The van der Waals surface area contributed by atoms with Gasteiger partial charge in [0.2, 0.25) is 6.79 Å². The number of amides is 1. The molecule has 3 aromatic rings. The van der Waals surface area contributed by atoms with E-state index >= 15 is 0 Å². The summed E-state index contributed by atoms with van der Waals surface area (Å²) >= 11 is 4.80. The highest BCUT2D eigenvalue weighted by Crippen LogP contribution is 2.40. The summed E-state index contributed by atoms with van der Waals surface area (Å²) in [6.07, 6.45) is 2.43. The van der Waals surface area contributed by atoms with E-state index in [1.54, 1.807) is 30.5 Å². The normalized spacial score (nSPS) is 11.9. The van der Waals surface area contributed by atoms with Crippen molar-refractivity contribution >= 4 is 38.3 Å². The fourth-order valence-corrected chi connectivity index (χ4v) is 4.01. The molecule has 1 amide bonds. The lowest BCUT2D eigenvalue weighted by Crippen LogP contribution is -2.11. The van der Waals surface area contributed by atoms with Gasteiger partial charge in [-0.05, 0) is 45.8 Å². The van der Waals surface area contributed by atoms with Crippen molar-refractivity contribution in [2.24, 2.45) is 0 Å². The van der Waals surface area contributed by atoms with E-state index in [2.05, 4.69) is 32.3 Å². The Balaban J connectivity index is 1.45. The largest absolute Gasteiger partial charge is 0.454 e. The third kappa shape index (κ3) is 3.79. The molecule has 2 aromatic carbocycles. The van der Waals surface area contributed by atoms with Gasteiger partial charge in [-0.2, -0.15) is 5.26 Å². The number of carbonyl (C=O) groups excluding carboxylic acids is 1. The standard InChI is InChI=1S/C19H12BrN3O3S/c20-15-6-13(7-16-17(15)26-10-25-16)18(24)23-19-22-9-14(27-19)5-11-1-3-12(8-21)4-2-11/h1-4,6-7,9H,5,10H2,(H,22,23,24). The summed E-state index contributed by atoms with van der Waals surface area (Å²) in [7, 11) is 0. The topological polar surface area (TPSA) is 84.2 Å². The van der Waals surface area contributed by atoms with Gasteiger partial charge >= 0.3 is 0 Å². The van der Waals surface area contributed by atoms with Crippen LogP contribution in [-0.4, -0.2) is 17.7 Å². The predicted molar refractivity (Wildman–Crippen MR) is 104 cm³/mol. The number of rotatable bonds is 4. The molecule has 1 aliphatic rings. The van der Waals surface area contributed by atoms with Gasteiger partial charge < -0.3 is 9.47 Å². The average molecular weight is 442 g/mol. The first-order chi connectivity index (χ1) is 13.1. The van der Waals surface area contributed by atoms with Crippen LogP contribution >= 0.6 is 27.3 Å². The summed E-state index contributed by atoms with van der Waals surface area (Å²) in [5.41, 5.74) is 2.16. The summed E-state index contributed by atoms with van der Waals surface area (Å²) < 4.78 is 11.3. The zero-order valence-corrected chi connectivity index (χ0v) is 16.3. The van der Waals surface area contributed by atoms with Crippen LogP contribution in [0, 0.1) is 11.3 Å². The highest BCUT2D eigenvalue weighted by atomic mass is 79.9. The van der Waals surface area contributed by atoms with Gasteiger partial charge in [-0.3, -0.25) is 10.1 Å². The van der Waals surface area contributed by atoms with Gasteiger partial charge in [-0.25, -0.2) is 4.98 Å². The van der Waals surface area contributed by atoms with Crippen molar-refractivity contribution in [3.05, 3.63) is 68.6 Å². The number of benzene rings is 2. The number of thiazole rings is 1. The summed E-state index contributed by atoms with van der Waals surface area (Å²) in [6.45, 7) is 0.143. The summed E-state index contributed by atoms with van der Waals surface area (Å²) in [5, 5.41) is 12.2. The smallest absolute Gasteiger partial charge is 0.257 e. The van der Waals surface area contributed by atoms with E-state index in [0.29, 0.717) is 38.7 Å². The maximum atomic E-state index is 12.5. The molecule has 0 saturated carbocycles. The molecule has 4 rings (SSSR count). The lowest BCUT2D eigenvalue weighted by Gasteiger charge is -2.05. The fourth-order valence-electron chi connectivity index (χ4n) is 2.61. The van der Waals surface area contributed by atoms with Crippen LogP contribution in [0.5, 0.6) is 11.5 Å². The Morgan fingerprint density at radius 2 is 2.11 bits per heavy atom. The monoisotopic (exact) mass is 441 g/mol. The Hall–Kier alpha value is -2.89. The fraction of sp³-hybridized carbons (Fsp3) is 0.105. The lowest BCUT2D eigenvalue weighted by molar-refractivity contribution is 0.102. The molecule has 0 fully saturated rings. The van der Waals surface area contributed by atoms with Gasteiger partial charge in [-0.1, -0.05) is 12.1 Å². The first-order valence-electron chi connectivity index (χ1n) is 7.96. The maximum absolute atomic E-state index is 12.5. The Morgan fingerprint density at radius 1 is 1.30 bits per heavy atom. The molecule has 0 spiro atoms. The number of nitrogens with one attached hydrogen (secondary N) is 1. The van der Waals surface area contributed by atoms with Crippen LogP contribution in [-0.2, 0) is 6.42 Å². The molecule has 8 heteroatoms. The molecule has 0 saturated heterocycles. The highest BCUT2D eigenvalue weighted by molar-refractivity contribution is 9.10. The highest BCUT2D eigenvalue weighted by Gasteiger charge is 2.21. The summed E-state index contributed by atoms with van der Waals surface area (Å²) in [6, 6.07) is 12.8. The molecule has 1 N–H and O–H groups in total. The van der Waals surface area contributed by atoms with Crippen molar-refractivity contribution in [1.29, 1.82) is 5.26 Å². The van der Waals surface area contributed by atoms with Crippen molar-refractivity contribution in [3.8, 4) is 17.6 Å². The van der Waals surface area contributed by atoms with E-state index < -0.39 is 0 Å². The number of nitriles is 1. The van der Waals surface area contributed by atoms with Crippen LogP contribution in [0.4, 0.5) is 5.13 Å². The maximum Gasteiger partial charge on any atom is 0.257 e. The van der Waals surface area contributed by atoms with Crippen molar-refractivity contribution in [2.45, 2.75) is 6.42 Å². The second kappa shape index (κ2) is 7.39. The Morgan fingerprint density at radius 3 is 2.89 bits per heavy atom. The molecule has 1 aromatic heterocycles. The zero-order valence-electron chi connectivity index (χ0n) is 13.9. The number of ether oxygens (including phenoxy) is 2. The Bertz CT molecular complexity index is 1060. The average Bonchev–Trinajstić information content (AvgIpc) is 3.32. The molecule has 27 heavy (non-hydrogen) atoms. The third-order valence-corrected chi connectivity index (χ3v) is 5.43. The van der Waals surface area contributed by atoms with E-state index in [1.165, 1.54) is 11.3 Å². The molecule has 6 nitrogen and oxygen atoms in total. The van der Waals surface area contributed by atoms with Crippen molar-refractivity contribution in [2.75, 3.05) is 12.1 Å². The number of nitrogens with zero attached hydrogens (tertiary/aromatic N) is 2. The van der Waals surface area contributed by atoms with Gasteiger partial charge in [0, 0.05) is 23.1 Å². The van der Waals surface area contributed by atoms with E-state index in [-0.39, 0.29) is 12.7 Å². The summed E-state index contributed by atoms with van der Waals surface area (Å²) in [4.78, 5) is 17.8. The van der Waals surface area contributed by atoms with Gasteiger partial charge in [0.05, 0.1) is 16.1 Å². The molecular formula is C19H12BrN3O3S. The van der Waals surface area contributed by atoms with Crippen LogP contribution in [0.15, 0.2) is 47.1 Å². The number of hydrogen-bond acceptors (Lipinski definition) is 6. The summed E-state index contributed by atoms with van der Waals surface area (Å²) in [5.74, 6) is 0.869. The second-order valence-corrected chi connectivity index (χ2v) is 7.73. The minimum atomic E-state index is -0.270. The molecular weight excluding hydrogens is 430 g/mol. The Kier molecular flexibility index (Phi) is 4.79. The molecule has 0 bridgehead atoms. The minimum absolute atomic E-state index is 0.143. The SMILES string of the molecule is N#Cc1ccc(Cc2cnc(NC(=O)c3cc(Br)c4c(c3)OCO4)s2)cc1. The molecule has 0 unspecified atom stereocenters. The van der Waals surface area contributed by atoms with E-state index in [1.807, 2.05) is 12.1 Å². The number of hydrogen-bond donors (Lipinski definition) is 1. The Labute approximate surface area is 167 Å². The van der Waals surface area contributed by atoms with Gasteiger partial charge in [0.25, 0.3) is 5.91 Å². The minimum Gasteiger partial charge on any atom is -0.454 e. The molecule has 1 aliphatic heterocycles. The van der Waals surface area contributed by atoms with Gasteiger partial charge in [-0.15, -0.1) is 11.3 Å². The van der Waals surface area contributed by atoms with Crippen LogP contribution < -0.4 is 14.8 Å². The quantitative estimate of drug-likeness (QED) is 0.650. The lowest BCUT2D eigenvalue weighted by atomic mass is 10.1. The van der Waals surface area contributed by atoms with E-state index in [4.69, 9.17) is 14.7 Å². The van der Waals surface area contributed by atoms with Crippen molar-refractivity contribution in [1.82, 2.24) is 4.98 Å². The van der Waals surface area contributed by atoms with Crippen molar-refractivity contribution < 1.29 is 14.3 Å². The molecule has 0 aliphatic carbocycles. The first kappa shape index (κ1) is 17.5. The third-order valence-electron chi connectivity index (χ3n) is 3.92. The first-order valence-corrected chi connectivity index (χ1v) is 9.57. The second-order valence-electron chi connectivity index (χ2n) is 5.76. The van der Waals surface area contributed by atoms with Gasteiger partial charge in [0.15, 0.2) is 16.6 Å². The van der Waals surface area contributed by atoms with Crippen LogP contribution in [0.3, 0.4) is 0 Å². The van der Waals surface area contributed by atoms with Crippen LogP contribution in [0.2, 0.25) is 0 Å². The number of carbonyl (C=O) groups is 1. The number of halogens is 1. The van der Waals surface area contributed by atoms with Crippen molar-refractivity contribution in [3.63, 3.8) is 0 Å². The molecule has 134 valence electrons. The number of aromatic nitrogens is 1. The molecule has 0 radical (unpaired) electrons. The molecule has 2 heterocycles. The van der Waals surface area contributed by atoms with Crippen LogP contribution in [0.25, 0.3) is 0 Å². The van der Waals surface area contributed by atoms with E-state index in [0.717, 1.165) is 10.4 Å². The zero-order chi connectivity index (χ0) is 18.8. The van der Waals surface area contributed by atoms with Crippen LogP contribution in [0.1, 0.15) is 26.4 Å².